The maximum atomic E-state index is 12.5. The van der Waals surface area contributed by atoms with Crippen LogP contribution in [0.5, 0.6) is 0 Å². The normalized spacial score (nSPS) is 18.8. The van der Waals surface area contributed by atoms with Crippen LogP contribution in [0, 0.1) is 0 Å². The van der Waals surface area contributed by atoms with E-state index in [2.05, 4.69) is 14.9 Å². The second-order valence-electron chi connectivity index (χ2n) is 10.3. The van der Waals surface area contributed by atoms with Crippen molar-refractivity contribution in [3.8, 4) is 0 Å². The zero-order valence-electron chi connectivity index (χ0n) is 22.5. The SMILES string of the molecule is Cn1nc(N2CCC(OC(=O)N3CCN(C4CCC4)CC3)CC2)ccc1=O.O=C(O)CC(O)(CC(=O)O)C(=O)O. The van der Waals surface area contributed by atoms with Gasteiger partial charge in [-0.1, -0.05) is 6.42 Å². The number of aliphatic carboxylic acids is 3. The smallest absolute Gasteiger partial charge is 0.410 e. The first-order chi connectivity index (χ1) is 18.9. The van der Waals surface area contributed by atoms with E-state index in [1.54, 1.807) is 13.1 Å². The van der Waals surface area contributed by atoms with Gasteiger partial charge in [-0.3, -0.25) is 19.3 Å². The first-order valence-electron chi connectivity index (χ1n) is 13.3. The highest BCUT2D eigenvalue weighted by atomic mass is 16.6. The fraction of sp³-hybridized carbons (Fsp3) is 0.680. The summed E-state index contributed by atoms with van der Waals surface area (Å²) >= 11 is 0. The van der Waals surface area contributed by atoms with E-state index in [1.165, 1.54) is 30.0 Å². The van der Waals surface area contributed by atoms with E-state index in [0.717, 1.165) is 64.0 Å². The lowest BCUT2D eigenvalue weighted by molar-refractivity contribution is -0.170. The Balaban J connectivity index is 0.000000289. The van der Waals surface area contributed by atoms with Crippen LogP contribution in [0.15, 0.2) is 16.9 Å². The number of carbonyl (C=O) groups excluding carboxylic acids is 1. The molecule has 222 valence electrons. The van der Waals surface area contributed by atoms with Crippen molar-refractivity contribution in [2.45, 2.75) is 62.7 Å². The monoisotopic (exact) mass is 567 g/mol. The summed E-state index contributed by atoms with van der Waals surface area (Å²) in [6.07, 6.45) is 3.06. The van der Waals surface area contributed by atoms with Crippen molar-refractivity contribution >= 4 is 29.8 Å². The molecule has 3 heterocycles. The van der Waals surface area contributed by atoms with Crippen molar-refractivity contribution in [3.05, 3.63) is 22.5 Å². The molecule has 1 aromatic rings. The fourth-order valence-corrected chi connectivity index (χ4v) is 4.81. The maximum Gasteiger partial charge on any atom is 0.410 e. The first kappa shape index (κ1) is 30.8. The standard InChI is InChI=1S/C19H29N5O3.C6H8O7/c1-21-18(25)6-5-17(20-21)23-9-7-16(8-10-23)27-19(26)24-13-11-22(12-14-24)15-3-2-4-15;7-3(8)1-6(13,5(11)12)2-4(9)10/h5-6,15-16H,2-4,7-14H2,1H3;13H,1-2H2,(H,7,8)(H,9,10)(H,11,12). The number of hydrogen-bond acceptors (Lipinski definition) is 10. The molecule has 0 spiro atoms. The van der Waals surface area contributed by atoms with Gasteiger partial charge in [0.05, 0.1) is 12.8 Å². The van der Waals surface area contributed by atoms with E-state index >= 15 is 0 Å². The molecule has 0 unspecified atom stereocenters. The van der Waals surface area contributed by atoms with Gasteiger partial charge in [-0.05, 0) is 18.9 Å². The summed E-state index contributed by atoms with van der Waals surface area (Å²) in [6.45, 7) is 5.04. The van der Waals surface area contributed by atoms with E-state index in [9.17, 15) is 24.0 Å². The number of carboxylic acid groups (broad SMARTS) is 3. The van der Waals surface area contributed by atoms with Gasteiger partial charge in [-0.2, -0.15) is 5.10 Å². The molecule has 0 bridgehead atoms. The molecule has 2 saturated heterocycles. The second-order valence-corrected chi connectivity index (χ2v) is 10.3. The Morgan fingerprint density at radius 1 is 0.925 bits per heavy atom. The molecule has 15 nitrogen and oxygen atoms in total. The summed E-state index contributed by atoms with van der Waals surface area (Å²) in [5, 5.41) is 38.1. The number of amides is 1. The number of piperazine rings is 1. The number of ether oxygens (including phenoxy) is 1. The van der Waals surface area contributed by atoms with Gasteiger partial charge in [0.25, 0.3) is 5.56 Å². The van der Waals surface area contributed by atoms with Crippen LogP contribution in [0.4, 0.5) is 10.6 Å². The third-order valence-corrected chi connectivity index (χ3v) is 7.43. The third kappa shape index (κ3) is 8.39. The van der Waals surface area contributed by atoms with E-state index in [4.69, 9.17) is 25.2 Å². The lowest BCUT2D eigenvalue weighted by atomic mass is 9.91. The molecule has 1 saturated carbocycles. The van der Waals surface area contributed by atoms with Crippen LogP contribution in [0.25, 0.3) is 0 Å². The molecule has 3 aliphatic rings. The summed E-state index contributed by atoms with van der Waals surface area (Å²) < 4.78 is 7.11. The van der Waals surface area contributed by atoms with Crippen LogP contribution in [-0.4, -0.2) is 121 Å². The number of aryl methyl sites for hydroxylation is 1. The molecular weight excluding hydrogens is 530 g/mol. The van der Waals surface area contributed by atoms with E-state index in [1.807, 2.05) is 4.90 Å². The third-order valence-electron chi connectivity index (χ3n) is 7.43. The predicted octanol–water partition coefficient (Wildman–Crippen LogP) is -0.193. The average Bonchev–Trinajstić information content (AvgIpc) is 2.85. The molecule has 0 atom stereocenters. The maximum absolute atomic E-state index is 12.5. The van der Waals surface area contributed by atoms with Crippen molar-refractivity contribution in [2.24, 2.45) is 7.05 Å². The number of piperidine rings is 1. The van der Waals surface area contributed by atoms with Crippen molar-refractivity contribution in [3.63, 3.8) is 0 Å². The largest absolute Gasteiger partial charge is 0.481 e. The van der Waals surface area contributed by atoms with E-state index < -0.39 is 36.4 Å². The predicted molar refractivity (Wildman–Crippen MR) is 139 cm³/mol. The van der Waals surface area contributed by atoms with Crippen LogP contribution >= 0.6 is 0 Å². The number of carbonyl (C=O) groups is 4. The number of anilines is 1. The Hall–Kier alpha value is -3.72. The molecule has 4 N–H and O–H groups in total. The van der Waals surface area contributed by atoms with Crippen molar-refractivity contribution in [2.75, 3.05) is 44.2 Å². The molecule has 2 aliphatic heterocycles. The lowest BCUT2D eigenvalue weighted by Gasteiger charge is -2.43. The zero-order valence-corrected chi connectivity index (χ0v) is 22.5. The molecule has 15 heteroatoms. The Bertz CT molecular complexity index is 1110. The number of carboxylic acids is 3. The van der Waals surface area contributed by atoms with Gasteiger partial charge in [0.15, 0.2) is 5.60 Å². The Kier molecular flexibility index (Phi) is 10.5. The van der Waals surface area contributed by atoms with E-state index in [0.29, 0.717) is 0 Å². The van der Waals surface area contributed by atoms with Gasteiger partial charge in [-0.25, -0.2) is 14.3 Å². The van der Waals surface area contributed by atoms with E-state index in [-0.39, 0.29) is 17.8 Å². The fourth-order valence-electron chi connectivity index (χ4n) is 4.81. The van der Waals surface area contributed by atoms with Crippen LogP contribution in [-0.2, 0) is 26.2 Å². The van der Waals surface area contributed by atoms with Gasteiger partial charge in [0.1, 0.15) is 11.9 Å². The average molecular weight is 568 g/mol. The van der Waals surface area contributed by atoms with Crippen molar-refractivity contribution < 1.29 is 44.3 Å². The minimum atomic E-state index is -2.74. The molecule has 4 rings (SSSR count). The molecule has 40 heavy (non-hydrogen) atoms. The Morgan fingerprint density at radius 3 is 1.95 bits per heavy atom. The van der Waals surface area contributed by atoms with Crippen molar-refractivity contribution in [1.82, 2.24) is 19.6 Å². The van der Waals surface area contributed by atoms with Crippen molar-refractivity contribution in [1.29, 1.82) is 0 Å². The van der Waals surface area contributed by atoms with Crippen LogP contribution in [0.3, 0.4) is 0 Å². The van der Waals surface area contributed by atoms with Gasteiger partial charge < -0.3 is 35.0 Å². The molecular formula is C25H37N5O10. The van der Waals surface area contributed by atoms with Gasteiger partial charge in [0, 0.05) is 71.3 Å². The second kappa shape index (κ2) is 13.6. The summed E-state index contributed by atoms with van der Waals surface area (Å²) in [5.74, 6) is -4.22. The summed E-state index contributed by atoms with van der Waals surface area (Å²) in [6, 6.07) is 4.05. The van der Waals surface area contributed by atoms with Crippen LogP contribution < -0.4 is 10.5 Å². The number of hydrogen-bond donors (Lipinski definition) is 4. The molecule has 1 amide bonds. The van der Waals surface area contributed by atoms with Gasteiger partial charge >= 0.3 is 24.0 Å². The number of aromatic nitrogens is 2. The topological polar surface area (TPSA) is 203 Å². The molecule has 0 aromatic carbocycles. The van der Waals surface area contributed by atoms with Gasteiger partial charge in [0.2, 0.25) is 0 Å². The lowest BCUT2D eigenvalue weighted by Crippen LogP contribution is -2.54. The summed E-state index contributed by atoms with van der Waals surface area (Å²) in [4.78, 5) is 61.0. The minimum absolute atomic E-state index is 0.0362. The highest BCUT2D eigenvalue weighted by Gasteiger charge is 2.40. The quantitative estimate of drug-likeness (QED) is 0.322. The molecule has 1 aromatic heterocycles. The Morgan fingerprint density at radius 2 is 1.50 bits per heavy atom. The number of rotatable bonds is 8. The summed E-state index contributed by atoms with van der Waals surface area (Å²) in [5.41, 5.74) is -2.85. The van der Waals surface area contributed by atoms with Crippen LogP contribution in [0.2, 0.25) is 0 Å². The Labute approximate surface area is 230 Å². The zero-order chi connectivity index (χ0) is 29.4. The van der Waals surface area contributed by atoms with Crippen LogP contribution in [0.1, 0.15) is 44.9 Å². The van der Waals surface area contributed by atoms with Gasteiger partial charge in [-0.15, -0.1) is 0 Å². The molecule has 1 aliphatic carbocycles. The highest BCUT2D eigenvalue weighted by molar-refractivity contribution is 5.88. The first-order valence-corrected chi connectivity index (χ1v) is 13.3. The summed E-state index contributed by atoms with van der Waals surface area (Å²) in [7, 11) is 1.66. The number of nitrogens with zero attached hydrogens (tertiary/aromatic N) is 5. The molecule has 0 radical (unpaired) electrons. The minimum Gasteiger partial charge on any atom is -0.481 e. The number of aliphatic hydroxyl groups is 1. The highest BCUT2D eigenvalue weighted by Crippen LogP contribution is 2.26. The molecule has 3 fully saturated rings.